The third kappa shape index (κ3) is 2.84. The highest BCUT2D eigenvalue weighted by Gasteiger charge is 2.45. The van der Waals surface area contributed by atoms with Gasteiger partial charge in [0.1, 0.15) is 11.4 Å². The van der Waals surface area contributed by atoms with Crippen LogP contribution in [0.15, 0.2) is 36.5 Å². The number of hydrogen-bond donors (Lipinski definition) is 1. The van der Waals surface area contributed by atoms with Gasteiger partial charge in [-0.1, -0.05) is 18.2 Å². The summed E-state index contributed by atoms with van der Waals surface area (Å²) in [5, 5.41) is 3.69. The maximum Gasteiger partial charge on any atom is 0.225 e. The first-order chi connectivity index (χ1) is 11.7. The lowest BCUT2D eigenvalue weighted by Gasteiger charge is -2.48. The summed E-state index contributed by atoms with van der Waals surface area (Å²) in [7, 11) is 3.92. The van der Waals surface area contributed by atoms with E-state index in [0.717, 1.165) is 43.2 Å². The second-order valence-corrected chi connectivity index (χ2v) is 7.06. The second-order valence-electron chi connectivity index (χ2n) is 7.06. The molecule has 0 radical (unpaired) electrons. The van der Waals surface area contributed by atoms with Crippen LogP contribution in [0.1, 0.15) is 43.0 Å². The van der Waals surface area contributed by atoms with Crippen LogP contribution >= 0.6 is 0 Å². The van der Waals surface area contributed by atoms with Crippen LogP contribution in [-0.2, 0) is 6.54 Å². The zero-order chi connectivity index (χ0) is 16.6. The molecular formula is C19H24N4O. The molecule has 24 heavy (non-hydrogen) atoms. The normalized spacial score (nSPS) is 20.8. The van der Waals surface area contributed by atoms with E-state index < -0.39 is 0 Å². The van der Waals surface area contributed by atoms with E-state index in [1.807, 2.05) is 31.3 Å². The van der Waals surface area contributed by atoms with Crippen molar-refractivity contribution in [2.75, 3.05) is 19.0 Å². The fourth-order valence-corrected chi connectivity index (χ4v) is 3.60. The number of rotatable bonds is 4. The minimum Gasteiger partial charge on any atom is -0.487 e. The summed E-state index contributed by atoms with van der Waals surface area (Å²) in [5.41, 5.74) is 2.32. The SMILES string of the molecule is CN(C)c1nccc(CN[C@@H]2CC3(CCC3)Oc3ccccc32)n1. The van der Waals surface area contributed by atoms with Crippen LogP contribution < -0.4 is 15.0 Å². The minimum absolute atomic E-state index is 0.0481. The van der Waals surface area contributed by atoms with Crippen molar-refractivity contribution in [3.8, 4) is 5.75 Å². The average molecular weight is 324 g/mol. The van der Waals surface area contributed by atoms with Gasteiger partial charge in [0.05, 0.1) is 5.69 Å². The number of hydrogen-bond acceptors (Lipinski definition) is 5. The van der Waals surface area contributed by atoms with E-state index in [0.29, 0.717) is 6.04 Å². The predicted octanol–water partition coefficient (Wildman–Crippen LogP) is 3.08. The molecular weight excluding hydrogens is 300 g/mol. The fourth-order valence-electron chi connectivity index (χ4n) is 3.60. The van der Waals surface area contributed by atoms with Crippen LogP contribution in [0.2, 0.25) is 0 Å². The van der Waals surface area contributed by atoms with Gasteiger partial charge >= 0.3 is 0 Å². The maximum atomic E-state index is 6.32. The van der Waals surface area contributed by atoms with Gasteiger partial charge in [0.25, 0.3) is 0 Å². The van der Waals surface area contributed by atoms with Gasteiger partial charge < -0.3 is 15.0 Å². The minimum atomic E-state index is 0.0481. The van der Waals surface area contributed by atoms with Crippen LogP contribution in [0.25, 0.3) is 0 Å². The Morgan fingerprint density at radius 3 is 2.83 bits per heavy atom. The molecule has 0 bridgehead atoms. The summed E-state index contributed by atoms with van der Waals surface area (Å²) < 4.78 is 6.32. The van der Waals surface area contributed by atoms with E-state index in [-0.39, 0.29) is 5.60 Å². The molecule has 0 unspecified atom stereocenters. The van der Waals surface area contributed by atoms with Crippen molar-refractivity contribution >= 4 is 5.95 Å². The van der Waals surface area contributed by atoms with Gasteiger partial charge in [0.15, 0.2) is 0 Å². The summed E-state index contributed by atoms with van der Waals surface area (Å²) >= 11 is 0. The first-order valence-electron chi connectivity index (χ1n) is 8.66. The Morgan fingerprint density at radius 2 is 2.08 bits per heavy atom. The Bertz CT molecular complexity index is 727. The molecule has 1 aliphatic heterocycles. The van der Waals surface area contributed by atoms with Gasteiger partial charge in [0, 0.05) is 44.9 Å². The van der Waals surface area contributed by atoms with Crippen LogP contribution in [0.5, 0.6) is 5.75 Å². The zero-order valence-corrected chi connectivity index (χ0v) is 14.3. The lowest BCUT2D eigenvalue weighted by atomic mass is 9.73. The van der Waals surface area contributed by atoms with Crippen molar-refractivity contribution in [2.24, 2.45) is 0 Å². The molecule has 1 atom stereocenters. The Labute approximate surface area is 143 Å². The van der Waals surface area contributed by atoms with Gasteiger partial charge in [-0.15, -0.1) is 0 Å². The molecule has 1 saturated carbocycles. The van der Waals surface area contributed by atoms with E-state index in [9.17, 15) is 0 Å². The number of fused-ring (bicyclic) bond motifs is 1. The molecule has 2 heterocycles. The Hall–Kier alpha value is -2.14. The predicted molar refractivity (Wildman–Crippen MR) is 94.2 cm³/mol. The molecule has 1 aliphatic carbocycles. The fraction of sp³-hybridized carbons (Fsp3) is 0.474. The monoisotopic (exact) mass is 324 g/mol. The molecule has 1 aromatic heterocycles. The first-order valence-corrected chi connectivity index (χ1v) is 8.66. The van der Waals surface area contributed by atoms with Crippen molar-refractivity contribution < 1.29 is 4.74 Å². The third-order valence-corrected chi connectivity index (χ3v) is 5.09. The highest BCUT2D eigenvalue weighted by molar-refractivity contribution is 5.39. The van der Waals surface area contributed by atoms with Crippen molar-refractivity contribution in [1.29, 1.82) is 0 Å². The van der Waals surface area contributed by atoms with Crippen molar-refractivity contribution in [3.05, 3.63) is 47.8 Å². The summed E-state index contributed by atoms with van der Waals surface area (Å²) in [6, 6.07) is 10.7. The molecule has 0 amide bonds. The summed E-state index contributed by atoms with van der Waals surface area (Å²) in [6.07, 6.45) is 6.46. The number of benzene rings is 1. The Morgan fingerprint density at radius 1 is 1.25 bits per heavy atom. The molecule has 1 fully saturated rings. The van der Waals surface area contributed by atoms with Gasteiger partial charge in [-0.05, 0) is 31.4 Å². The maximum absolute atomic E-state index is 6.32. The van der Waals surface area contributed by atoms with E-state index in [1.54, 1.807) is 0 Å². The number of ether oxygens (including phenoxy) is 1. The first kappa shape index (κ1) is 15.4. The lowest BCUT2D eigenvalue weighted by Crippen LogP contribution is -2.49. The highest BCUT2D eigenvalue weighted by Crippen LogP contribution is 2.48. The number of anilines is 1. The number of nitrogens with zero attached hydrogens (tertiary/aromatic N) is 3. The molecule has 1 N–H and O–H groups in total. The smallest absolute Gasteiger partial charge is 0.225 e. The van der Waals surface area contributed by atoms with Gasteiger partial charge in [-0.25, -0.2) is 9.97 Å². The topological polar surface area (TPSA) is 50.3 Å². The van der Waals surface area contributed by atoms with Gasteiger partial charge in [-0.2, -0.15) is 0 Å². The van der Waals surface area contributed by atoms with Crippen LogP contribution in [0.4, 0.5) is 5.95 Å². The summed E-state index contributed by atoms with van der Waals surface area (Å²) in [5.74, 6) is 1.79. The Kier molecular flexibility index (Phi) is 3.88. The lowest BCUT2D eigenvalue weighted by molar-refractivity contribution is -0.0371. The van der Waals surface area contributed by atoms with Crippen molar-refractivity contribution in [1.82, 2.24) is 15.3 Å². The van der Waals surface area contributed by atoms with E-state index in [1.165, 1.54) is 12.0 Å². The molecule has 126 valence electrons. The van der Waals surface area contributed by atoms with E-state index >= 15 is 0 Å². The third-order valence-electron chi connectivity index (χ3n) is 5.09. The Balaban J connectivity index is 1.52. The second kappa shape index (κ2) is 6.06. The van der Waals surface area contributed by atoms with Gasteiger partial charge in [-0.3, -0.25) is 0 Å². The molecule has 1 spiro atoms. The quantitative estimate of drug-likeness (QED) is 0.936. The largest absolute Gasteiger partial charge is 0.487 e. The van der Waals surface area contributed by atoms with Crippen LogP contribution in [0, 0.1) is 0 Å². The molecule has 1 aromatic carbocycles. The summed E-state index contributed by atoms with van der Waals surface area (Å²) in [6.45, 7) is 0.735. The number of aromatic nitrogens is 2. The average Bonchev–Trinajstić information content (AvgIpc) is 2.58. The van der Waals surface area contributed by atoms with E-state index in [2.05, 4.69) is 39.6 Å². The standard InChI is InChI=1S/C19H24N4O/c1-23(2)18-20-11-8-14(22-18)13-21-16-12-19(9-5-10-19)24-17-7-4-3-6-15(16)17/h3-4,6-8,11,16,21H,5,9-10,12-13H2,1-2H3/t16-/m1/s1. The molecule has 2 aliphatic rings. The number of nitrogens with one attached hydrogen (secondary N) is 1. The molecule has 5 heteroatoms. The number of para-hydroxylation sites is 1. The molecule has 4 rings (SSSR count). The van der Waals surface area contributed by atoms with Gasteiger partial charge in [0.2, 0.25) is 5.95 Å². The summed E-state index contributed by atoms with van der Waals surface area (Å²) in [4.78, 5) is 10.8. The van der Waals surface area contributed by atoms with Crippen LogP contribution in [-0.4, -0.2) is 29.7 Å². The molecule has 5 nitrogen and oxygen atoms in total. The van der Waals surface area contributed by atoms with E-state index in [4.69, 9.17) is 4.74 Å². The highest BCUT2D eigenvalue weighted by atomic mass is 16.5. The van der Waals surface area contributed by atoms with Crippen molar-refractivity contribution in [3.63, 3.8) is 0 Å². The molecule has 2 aromatic rings. The zero-order valence-electron chi connectivity index (χ0n) is 14.3. The van der Waals surface area contributed by atoms with Crippen molar-refractivity contribution in [2.45, 2.75) is 43.9 Å². The molecule has 0 saturated heterocycles. The van der Waals surface area contributed by atoms with Crippen LogP contribution in [0.3, 0.4) is 0 Å².